The standard InChI is InChI=1S/C27H46N2O5/c30-22-11-24(31)26(25(12-22)34-16-18-5-2-1-3-6-18)27(32)29-14-20-8-4-7-19(23(20)15-29)13-28-21-9-10-33-17-21/h18-26,28,30-31H,1-17H2. The Morgan fingerprint density at radius 1 is 1.00 bits per heavy atom. The molecule has 7 nitrogen and oxygen atoms in total. The zero-order valence-electron chi connectivity index (χ0n) is 20.8. The summed E-state index contributed by atoms with van der Waals surface area (Å²) in [4.78, 5) is 15.8. The third-order valence-electron chi connectivity index (χ3n) is 9.55. The van der Waals surface area contributed by atoms with Gasteiger partial charge in [0.1, 0.15) is 0 Å². The number of amides is 1. The molecule has 0 aromatic rings. The molecule has 3 saturated carbocycles. The maximum absolute atomic E-state index is 13.8. The van der Waals surface area contributed by atoms with Crippen LogP contribution < -0.4 is 5.32 Å². The number of rotatable bonds is 7. The van der Waals surface area contributed by atoms with Gasteiger partial charge >= 0.3 is 0 Å². The van der Waals surface area contributed by atoms with Gasteiger partial charge in [-0.25, -0.2) is 0 Å². The predicted octanol–water partition coefficient (Wildman–Crippen LogP) is 2.34. The Hall–Kier alpha value is -0.730. The van der Waals surface area contributed by atoms with Crippen LogP contribution >= 0.6 is 0 Å². The van der Waals surface area contributed by atoms with E-state index in [-0.39, 0.29) is 18.4 Å². The van der Waals surface area contributed by atoms with Crippen LogP contribution in [-0.4, -0.2) is 84.8 Å². The highest BCUT2D eigenvalue weighted by molar-refractivity contribution is 5.80. The molecule has 5 aliphatic rings. The average molecular weight is 479 g/mol. The molecular weight excluding hydrogens is 432 g/mol. The van der Waals surface area contributed by atoms with Crippen molar-refractivity contribution in [3.05, 3.63) is 0 Å². The highest BCUT2D eigenvalue weighted by Crippen LogP contribution is 2.41. The summed E-state index contributed by atoms with van der Waals surface area (Å²) in [5, 5.41) is 24.9. The van der Waals surface area contributed by atoms with Gasteiger partial charge in [-0.05, 0) is 62.3 Å². The van der Waals surface area contributed by atoms with Crippen molar-refractivity contribution in [2.45, 2.75) is 95.0 Å². The maximum Gasteiger partial charge on any atom is 0.230 e. The van der Waals surface area contributed by atoms with Gasteiger partial charge in [-0.1, -0.05) is 25.7 Å². The van der Waals surface area contributed by atoms with E-state index in [0.717, 1.165) is 39.3 Å². The Morgan fingerprint density at radius 3 is 2.65 bits per heavy atom. The van der Waals surface area contributed by atoms with E-state index in [2.05, 4.69) is 5.32 Å². The van der Waals surface area contributed by atoms with E-state index >= 15 is 0 Å². The highest BCUT2D eigenvalue weighted by atomic mass is 16.5. The van der Waals surface area contributed by atoms with Crippen LogP contribution in [0.5, 0.6) is 0 Å². The smallest absolute Gasteiger partial charge is 0.230 e. The van der Waals surface area contributed by atoms with Gasteiger partial charge in [0.2, 0.25) is 5.91 Å². The number of nitrogens with one attached hydrogen (secondary N) is 1. The van der Waals surface area contributed by atoms with Gasteiger partial charge in [0.25, 0.3) is 0 Å². The molecule has 7 heteroatoms. The van der Waals surface area contributed by atoms with E-state index in [4.69, 9.17) is 9.47 Å². The van der Waals surface area contributed by atoms with Crippen LogP contribution in [0, 0.1) is 29.6 Å². The number of hydrogen-bond acceptors (Lipinski definition) is 6. The third-order valence-corrected chi connectivity index (χ3v) is 9.55. The third kappa shape index (κ3) is 5.80. The number of ether oxygens (including phenoxy) is 2. The van der Waals surface area contributed by atoms with Crippen molar-refractivity contribution in [2.24, 2.45) is 29.6 Å². The molecule has 0 radical (unpaired) electrons. The molecule has 0 aromatic carbocycles. The molecule has 194 valence electrons. The second kappa shape index (κ2) is 11.5. The van der Waals surface area contributed by atoms with Crippen molar-refractivity contribution >= 4 is 5.91 Å². The van der Waals surface area contributed by atoms with Crippen LogP contribution in [0.25, 0.3) is 0 Å². The minimum atomic E-state index is -0.824. The molecule has 3 aliphatic carbocycles. The lowest BCUT2D eigenvalue weighted by atomic mass is 9.74. The number of carbonyl (C=O) groups is 1. The van der Waals surface area contributed by atoms with Crippen molar-refractivity contribution in [1.29, 1.82) is 0 Å². The zero-order chi connectivity index (χ0) is 23.5. The van der Waals surface area contributed by atoms with Gasteiger partial charge in [-0.2, -0.15) is 0 Å². The molecule has 5 rings (SSSR count). The van der Waals surface area contributed by atoms with Gasteiger partial charge in [0, 0.05) is 45.2 Å². The summed E-state index contributed by atoms with van der Waals surface area (Å²) in [5.74, 6) is 1.78. The summed E-state index contributed by atoms with van der Waals surface area (Å²) in [5.41, 5.74) is 0. The minimum absolute atomic E-state index is 0.0540. The topological polar surface area (TPSA) is 91.3 Å². The molecule has 8 atom stereocenters. The molecule has 5 fully saturated rings. The van der Waals surface area contributed by atoms with Crippen LogP contribution in [0.3, 0.4) is 0 Å². The Kier molecular flexibility index (Phi) is 8.47. The number of carbonyl (C=O) groups excluding carboxylic acids is 1. The molecule has 2 heterocycles. The molecule has 0 aromatic heterocycles. The van der Waals surface area contributed by atoms with Crippen molar-refractivity contribution in [1.82, 2.24) is 10.2 Å². The van der Waals surface area contributed by atoms with E-state index in [9.17, 15) is 15.0 Å². The largest absolute Gasteiger partial charge is 0.393 e. The first-order valence-electron chi connectivity index (χ1n) is 14.2. The molecule has 8 unspecified atom stereocenters. The number of hydrogen-bond donors (Lipinski definition) is 3. The molecule has 3 N–H and O–H groups in total. The number of fused-ring (bicyclic) bond motifs is 1. The number of aliphatic hydroxyl groups excluding tert-OH is 2. The average Bonchev–Trinajstić information content (AvgIpc) is 3.51. The quantitative estimate of drug-likeness (QED) is 0.520. The van der Waals surface area contributed by atoms with Crippen LogP contribution in [0.1, 0.15) is 70.6 Å². The lowest BCUT2D eigenvalue weighted by molar-refractivity contribution is -0.158. The van der Waals surface area contributed by atoms with Crippen molar-refractivity contribution in [2.75, 3.05) is 39.5 Å². The fraction of sp³-hybridized carbons (Fsp3) is 0.963. The first kappa shape index (κ1) is 24.9. The van der Waals surface area contributed by atoms with E-state index in [1.54, 1.807) is 0 Å². The van der Waals surface area contributed by atoms with Crippen LogP contribution in [0.15, 0.2) is 0 Å². The molecule has 0 bridgehead atoms. The van der Waals surface area contributed by atoms with Crippen LogP contribution in [-0.2, 0) is 14.3 Å². The second-order valence-electron chi connectivity index (χ2n) is 11.9. The summed E-state index contributed by atoms with van der Waals surface area (Å²) < 4.78 is 11.8. The molecule has 1 amide bonds. The number of likely N-dealkylation sites (tertiary alicyclic amines) is 1. The Balaban J connectivity index is 1.20. The minimum Gasteiger partial charge on any atom is -0.393 e. The highest BCUT2D eigenvalue weighted by Gasteiger charge is 2.48. The predicted molar refractivity (Wildman–Crippen MR) is 129 cm³/mol. The fourth-order valence-corrected chi connectivity index (χ4v) is 7.54. The monoisotopic (exact) mass is 478 g/mol. The van der Waals surface area contributed by atoms with E-state index in [1.807, 2.05) is 4.90 Å². The molecule has 0 spiro atoms. The summed E-state index contributed by atoms with van der Waals surface area (Å²) in [6, 6.07) is 0.477. The van der Waals surface area contributed by atoms with Crippen molar-refractivity contribution in [3.63, 3.8) is 0 Å². The number of nitrogens with zero attached hydrogens (tertiary/aromatic N) is 1. The van der Waals surface area contributed by atoms with Crippen molar-refractivity contribution < 1.29 is 24.5 Å². The van der Waals surface area contributed by atoms with E-state index in [0.29, 0.717) is 42.7 Å². The van der Waals surface area contributed by atoms with Gasteiger partial charge in [-0.3, -0.25) is 4.79 Å². The Labute approximate surface area is 204 Å². The zero-order valence-corrected chi connectivity index (χ0v) is 20.8. The summed E-state index contributed by atoms with van der Waals surface area (Å²) in [7, 11) is 0. The normalized spacial score (nSPS) is 41.5. The van der Waals surface area contributed by atoms with Gasteiger partial charge < -0.3 is 29.9 Å². The second-order valence-corrected chi connectivity index (χ2v) is 11.9. The Bertz CT molecular complexity index is 665. The molecule has 2 saturated heterocycles. The molecule has 2 aliphatic heterocycles. The lowest BCUT2D eigenvalue weighted by Gasteiger charge is -2.39. The molecule has 34 heavy (non-hydrogen) atoms. The van der Waals surface area contributed by atoms with Crippen LogP contribution in [0.4, 0.5) is 0 Å². The summed E-state index contributed by atoms with van der Waals surface area (Å²) in [6.45, 7) is 4.96. The summed E-state index contributed by atoms with van der Waals surface area (Å²) in [6.07, 6.45) is 9.90. The van der Waals surface area contributed by atoms with Gasteiger partial charge in [0.15, 0.2) is 0 Å². The summed E-state index contributed by atoms with van der Waals surface area (Å²) >= 11 is 0. The first-order chi connectivity index (χ1) is 16.6. The SMILES string of the molecule is O=C(C1C(O)CC(O)CC1OCC1CCCCC1)N1CC2CCCC(CNC3CCOC3)C2C1. The van der Waals surface area contributed by atoms with Gasteiger partial charge in [0.05, 0.1) is 30.8 Å². The van der Waals surface area contributed by atoms with Crippen LogP contribution in [0.2, 0.25) is 0 Å². The fourth-order valence-electron chi connectivity index (χ4n) is 7.54. The lowest BCUT2D eigenvalue weighted by Crippen LogP contribution is -2.52. The first-order valence-corrected chi connectivity index (χ1v) is 14.2. The van der Waals surface area contributed by atoms with Crippen molar-refractivity contribution in [3.8, 4) is 0 Å². The van der Waals surface area contributed by atoms with E-state index in [1.165, 1.54) is 51.4 Å². The maximum atomic E-state index is 13.8. The Morgan fingerprint density at radius 2 is 1.85 bits per heavy atom. The van der Waals surface area contributed by atoms with Gasteiger partial charge in [-0.15, -0.1) is 0 Å². The van der Waals surface area contributed by atoms with E-state index < -0.39 is 18.1 Å². The molecular formula is C27H46N2O5. The number of aliphatic hydroxyl groups is 2.